The van der Waals surface area contributed by atoms with E-state index in [0.29, 0.717) is 12.5 Å². The van der Waals surface area contributed by atoms with Crippen molar-refractivity contribution >= 4 is 5.97 Å². The van der Waals surface area contributed by atoms with Gasteiger partial charge in [0, 0.05) is 12.0 Å². The number of carboxylic acids is 1. The van der Waals surface area contributed by atoms with Gasteiger partial charge in [0.1, 0.15) is 5.75 Å². The quantitative estimate of drug-likeness (QED) is 0.841. The van der Waals surface area contributed by atoms with Gasteiger partial charge in [0.15, 0.2) is 0 Å². The summed E-state index contributed by atoms with van der Waals surface area (Å²) in [7, 11) is 0. The lowest BCUT2D eigenvalue weighted by atomic mass is 9.99. The monoisotopic (exact) mass is 310 g/mol. The Balaban J connectivity index is 1.89. The van der Waals surface area contributed by atoms with Gasteiger partial charge in [-0.1, -0.05) is 36.4 Å². The van der Waals surface area contributed by atoms with Crippen LogP contribution in [0.25, 0.3) is 11.1 Å². The molecule has 1 fully saturated rings. The summed E-state index contributed by atoms with van der Waals surface area (Å²) >= 11 is 0. The molecular weight excluding hydrogens is 288 g/mol. The van der Waals surface area contributed by atoms with Crippen molar-refractivity contribution in [2.45, 2.75) is 44.6 Å². The molecule has 1 N–H and O–H groups in total. The van der Waals surface area contributed by atoms with Crippen molar-refractivity contribution in [1.82, 2.24) is 0 Å². The summed E-state index contributed by atoms with van der Waals surface area (Å²) in [6.45, 7) is 0. The van der Waals surface area contributed by atoms with Crippen molar-refractivity contribution < 1.29 is 14.6 Å². The Morgan fingerprint density at radius 1 is 1.09 bits per heavy atom. The molecular formula is C20H22O3. The molecule has 2 aromatic carbocycles. The number of ether oxygens (including phenoxy) is 1. The summed E-state index contributed by atoms with van der Waals surface area (Å²) in [6.07, 6.45) is 5.71. The molecule has 2 aromatic rings. The van der Waals surface area contributed by atoms with E-state index in [-0.39, 0.29) is 6.42 Å². The first-order valence-electron chi connectivity index (χ1n) is 8.29. The number of benzene rings is 2. The van der Waals surface area contributed by atoms with E-state index >= 15 is 0 Å². The predicted molar refractivity (Wildman–Crippen MR) is 90.7 cm³/mol. The Labute approximate surface area is 136 Å². The Hall–Kier alpha value is -2.29. The van der Waals surface area contributed by atoms with E-state index in [9.17, 15) is 4.79 Å². The van der Waals surface area contributed by atoms with E-state index in [2.05, 4.69) is 18.2 Å². The number of hydrogen-bond donors (Lipinski definition) is 1. The first-order valence-corrected chi connectivity index (χ1v) is 8.29. The van der Waals surface area contributed by atoms with Crippen LogP contribution in [-0.2, 0) is 11.2 Å². The second kappa shape index (κ2) is 7.32. The summed E-state index contributed by atoms with van der Waals surface area (Å²) in [5, 5.41) is 8.88. The highest BCUT2D eigenvalue weighted by Crippen LogP contribution is 2.34. The third-order valence-corrected chi connectivity index (χ3v) is 4.35. The molecule has 1 aliphatic carbocycles. The Morgan fingerprint density at radius 2 is 1.83 bits per heavy atom. The van der Waals surface area contributed by atoms with E-state index in [0.717, 1.165) is 35.3 Å². The topological polar surface area (TPSA) is 46.5 Å². The number of hydrogen-bond acceptors (Lipinski definition) is 2. The summed E-state index contributed by atoms with van der Waals surface area (Å²) in [6, 6.07) is 16.2. The fourth-order valence-electron chi connectivity index (χ4n) is 3.12. The minimum absolute atomic E-state index is 0.150. The van der Waals surface area contributed by atoms with Crippen LogP contribution in [0.1, 0.15) is 37.7 Å². The van der Waals surface area contributed by atoms with Gasteiger partial charge in [-0.2, -0.15) is 0 Å². The minimum Gasteiger partial charge on any atom is -0.490 e. The molecule has 120 valence electrons. The van der Waals surface area contributed by atoms with Gasteiger partial charge in [0.2, 0.25) is 0 Å². The van der Waals surface area contributed by atoms with Gasteiger partial charge in [0.25, 0.3) is 0 Å². The fourth-order valence-corrected chi connectivity index (χ4v) is 3.12. The van der Waals surface area contributed by atoms with E-state index in [1.807, 2.05) is 30.3 Å². The average Bonchev–Trinajstić information content (AvgIpc) is 3.07. The molecule has 0 unspecified atom stereocenters. The number of rotatable bonds is 6. The van der Waals surface area contributed by atoms with E-state index in [1.165, 1.54) is 12.8 Å². The lowest BCUT2D eigenvalue weighted by Gasteiger charge is -2.18. The van der Waals surface area contributed by atoms with Crippen LogP contribution in [0, 0.1) is 0 Å². The normalized spacial score (nSPS) is 14.8. The van der Waals surface area contributed by atoms with Gasteiger partial charge in [-0.15, -0.1) is 0 Å². The van der Waals surface area contributed by atoms with Crippen LogP contribution < -0.4 is 4.74 Å². The van der Waals surface area contributed by atoms with Gasteiger partial charge in [0.05, 0.1) is 6.10 Å². The van der Waals surface area contributed by atoms with Gasteiger partial charge in [-0.25, -0.2) is 0 Å². The highest BCUT2D eigenvalue weighted by atomic mass is 16.5. The van der Waals surface area contributed by atoms with Crippen molar-refractivity contribution in [2.24, 2.45) is 0 Å². The highest BCUT2D eigenvalue weighted by molar-refractivity contribution is 5.72. The zero-order chi connectivity index (χ0) is 16.1. The molecule has 0 saturated heterocycles. The summed E-state index contributed by atoms with van der Waals surface area (Å²) in [5.74, 6) is 0.139. The standard InChI is InChI=1S/C20H22O3/c21-20(22)13-11-15-10-12-19(23-17-8-4-5-9-17)18(14-15)16-6-2-1-3-7-16/h1-3,6-7,10,12,14,17H,4-5,8-9,11,13H2,(H,21,22). The molecule has 0 spiro atoms. The number of aliphatic carboxylic acids is 1. The zero-order valence-corrected chi connectivity index (χ0v) is 13.2. The van der Waals surface area contributed by atoms with Crippen molar-refractivity contribution in [2.75, 3.05) is 0 Å². The second-order valence-corrected chi connectivity index (χ2v) is 6.11. The van der Waals surface area contributed by atoms with E-state index in [4.69, 9.17) is 9.84 Å². The summed E-state index contributed by atoms with van der Waals surface area (Å²) in [5.41, 5.74) is 3.20. The SMILES string of the molecule is O=C(O)CCc1ccc(OC2CCCC2)c(-c2ccccc2)c1. The van der Waals surface area contributed by atoms with Crippen LogP contribution in [0.5, 0.6) is 5.75 Å². The molecule has 3 rings (SSSR count). The number of carboxylic acid groups (broad SMARTS) is 1. The zero-order valence-electron chi connectivity index (χ0n) is 13.2. The van der Waals surface area contributed by atoms with Crippen LogP contribution >= 0.6 is 0 Å². The lowest BCUT2D eigenvalue weighted by Crippen LogP contribution is -2.11. The largest absolute Gasteiger partial charge is 0.490 e. The molecule has 0 radical (unpaired) electrons. The first-order chi connectivity index (χ1) is 11.2. The fraction of sp³-hybridized carbons (Fsp3) is 0.350. The average molecular weight is 310 g/mol. The summed E-state index contributed by atoms with van der Waals surface area (Å²) < 4.78 is 6.23. The number of carbonyl (C=O) groups is 1. The van der Waals surface area contributed by atoms with Crippen LogP contribution in [-0.4, -0.2) is 17.2 Å². The third kappa shape index (κ3) is 4.13. The molecule has 23 heavy (non-hydrogen) atoms. The van der Waals surface area contributed by atoms with Crippen molar-refractivity contribution in [3.63, 3.8) is 0 Å². The van der Waals surface area contributed by atoms with Gasteiger partial charge in [-0.05, 0) is 55.4 Å². The van der Waals surface area contributed by atoms with E-state index in [1.54, 1.807) is 0 Å². The smallest absolute Gasteiger partial charge is 0.303 e. The van der Waals surface area contributed by atoms with Crippen LogP contribution in [0.2, 0.25) is 0 Å². The van der Waals surface area contributed by atoms with Gasteiger partial charge < -0.3 is 9.84 Å². The molecule has 0 amide bonds. The van der Waals surface area contributed by atoms with Crippen LogP contribution in [0.3, 0.4) is 0 Å². The van der Waals surface area contributed by atoms with Crippen molar-refractivity contribution in [3.8, 4) is 16.9 Å². The highest BCUT2D eigenvalue weighted by Gasteiger charge is 2.18. The molecule has 0 atom stereocenters. The molecule has 0 aliphatic heterocycles. The molecule has 3 nitrogen and oxygen atoms in total. The van der Waals surface area contributed by atoms with Crippen molar-refractivity contribution in [3.05, 3.63) is 54.1 Å². The minimum atomic E-state index is -0.766. The van der Waals surface area contributed by atoms with E-state index < -0.39 is 5.97 Å². The molecule has 1 aliphatic rings. The van der Waals surface area contributed by atoms with Crippen LogP contribution in [0.4, 0.5) is 0 Å². The van der Waals surface area contributed by atoms with Crippen LogP contribution in [0.15, 0.2) is 48.5 Å². The van der Waals surface area contributed by atoms with Gasteiger partial charge >= 0.3 is 5.97 Å². The van der Waals surface area contributed by atoms with Gasteiger partial charge in [-0.3, -0.25) is 4.79 Å². The molecule has 3 heteroatoms. The first kappa shape index (κ1) is 15.6. The molecule has 0 heterocycles. The molecule has 0 bridgehead atoms. The number of aryl methyl sites for hydroxylation is 1. The Morgan fingerprint density at radius 3 is 2.52 bits per heavy atom. The molecule has 0 aromatic heterocycles. The Kier molecular flexibility index (Phi) is 4.96. The maximum atomic E-state index is 10.8. The molecule has 1 saturated carbocycles. The maximum absolute atomic E-state index is 10.8. The maximum Gasteiger partial charge on any atom is 0.303 e. The predicted octanol–water partition coefficient (Wildman–Crippen LogP) is 4.69. The van der Waals surface area contributed by atoms with Crippen molar-refractivity contribution in [1.29, 1.82) is 0 Å². The lowest BCUT2D eigenvalue weighted by molar-refractivity contribution is -0.136. The Bertz CT molecular complexity index is 658. The summed E-state index contributed by atoms with van der Waals surface area (Å²) in [4.78, 5) is 10.8. The second-order valence-electron chi connectivity index (χ2n) is 6.11. The third-order valence-electron chi connectivity index (χ3n) is 4.35.